The van der Waals surface area contributed by atoms with E-state index in [9.17, 15) is 4.79 Å². The fourth-order valence-corrected chi connectivity index (χ4v) is 0.0340. The number of carboxylic acid groups (broad SMARTS) is 1. The Balaban J connectivity index is -0.000000180. The van der Waals surface area contributed by atoms with Crippen LogP contribution in [0.3, 0.4) is 0 Å². The van der Waals surface area contributed by atoms with Gasteiger partial charge < -0.3 is 20.0 Å². The van der Waals surface area contributed by atoms with Gasteiger partial charge in [-0.25, -0.2) is 4.79 Å². The van der Waals surface area contributed by atoms with Crippen LogP contribution in [0.25, 0.3) is 0 Å². The van der Waals surface area contributed by atoms with E-state index in [1.54, 1.807) is 0 Å². The standard InChI is InChI=1S/C2H2O5.2K/c3-1(4)2(5)7-6;;/h6H,(H,3,4);;/q;2*+1/p-2. The second kappa shape index (κ2) is 10.2. The van der Waals surface area contributed by atoms with Crippen LogP contribution >= 0.6 is 0 Å². The van der Waals surface area contributed by atoms with E-state index in [4.69, 9.17) is 15.2 Å². The second-order valence-electron chi connectivity index (χ2n) is 0.658. The summed E-state index contributed by atoms with van der Waals surface area (Å²) in [5.41, 5.74) is 0. The Labute approximate surface area is 136 Å². The summed E-state index contributed by atoms with van der Waals surface area (Å²) in [6.07, 6.45) is 0. The van der Waals surface area contributed by atoms with Crippen molar-refractivity contribution in [3.8, 4) is 0 Å². The molecule has 0 fully saturated rings. The first-order chi connectivity index (χ1) is 3.18. The van der Waals surface area contributed by atoms with Gasteiger partial charge in [-0.05, 0) is 0 Å². The average molecular weight is 182 g/mol. The topological polar surface area (TPSA) is 89.5 Å². The summed E-state index contributed by atoms with van der Waals surface area (Å²) in [7, 11) is 0. The van der Waals surface area contributed by atoms with Gasteiger partial charge in [0.1, 0.15) is 0 Å². The number of carboxylic acids is 1. The van der Waals surface area contributed by atoms with Crippen LogP contribution in [-0.4, -0.2) is 11.9 Å². The molecule has 0 N–H and O–H groups in total. The van der Waals surface area contributed by atoms with Crippen LogP contribution < -0.4 is 113 Å². The van der Waals surface area contributed by atoms with Crippen LogP contribution in [0.15, 0.2) is 0 Å². The first kappa shape index (κ1) is 17.3. The monoisotopic (exact) mass is 182 g/mol. The Morgan fingerprint density at radius 1 is 1.22 bits per heavy atom. The van der Waals surface area contributed by atoms with E-state index in [0.717, 1.165) is 0 Å². The molecule has 0 saturated carbocycles. The molecule has 0 aromatic heterocycles. The van der Waals surface area contributed by atoms with Crippen molar-refractivity contribution in [1.29, 1.82) is 0 Å². The van der Waals surface area contributed by atoms with E-state index in [2.05, 4.69) is 4.89 Å². The van der Waals surface area contributed by atoms with E-state index in [0.29, 0.717) is 0 Å². The predicted octanol–water partition coefficient (Wildman–Crippen LogP) is -9.44. The third kappa shape index (κ3) is 10.2. The van der Waals surface area contributed by atoms with Gasteiger partial charge >= 0.3 is 109 Å². The summed E-state index contributed by atoms with van der Waals surface area (Å²) in [6.45, 7) is 0. The maximum Gasteiger partial charge on any atom is 1.00 e. The molecular weight excluding hydrogens is 182 g/mol. The molecule has 0 aromatic carbocycles. The number of hydrogen-bond donors (Lipinski definition) is 0. The van der Waals surface area contributed by atoms with Gasteiger partial charge in [-0.2, -0.15) is 0 Å². The van der Waals surface area contributed by atoms with Gasteiger partial charge in [0.2, 0.25) is 0 Å². The fraction of sp³-hybridized carbons (Fsp3) is 0. The summed E-state index contributed by atoms with van der Waals surface area (Å²) in [6, 6.07) is 0. The Hall–Kier alpha value is 2.17. The molecule has 0 aliphatic rings. The molecule has 0 bridgehead atoms. The number of hydrogen-bond acceptors (Lipinski definition) is 5. The molecule has 0 saturated heterocycles. The van der Waals surface area contributed by atoms with E-state index < -0.39 is 11.9 Å². The molecule has 0 aliphatic heterocycles. The Morgan fingerprint density at radius 2 is 1.56 bits per heavy atom. The summed E-state index contributed by atoms with van der Waals surface area (Å²) in [4.78, 5) is 20.9. The van der Waals surface area contributed by atoms with Crippen molar-refractivity contribution in [2.75, 3.05) is 0 Å². The third-order valence-electron chi connectivity index (χ3n) is 0.242. The van der Waals surface area contributed by atoms with Crippen molar-refractivity contribution >= 4 is 11.9 Å². The zero-order valence-electron chi connectivity index (χ0n) is 5.04. The van der Waals surface area contributed by atoms with Crippen molar-refractivity contribution in [1.82, 2.24) is 0 Å². The van der Waals surface area contributed by atoms with Crippen molar-refractivity contribution in [2.45, 2.75) is 0 Å². The number of carbonyl (C=O) groups is 2. The summed E-state index contributed by atoms with van der Waals surface area (Å²) >= 11 is 0. The summed E-state index contributed by atoms with van der Waals surface area (Å²) in [5.74, 6) is -4.03. The molecule has 9 heavy (non-hydrogen) atoms. The minimum absolute atomic E-state index is 0. The molecule has 0 unspecified atom stereocenters. The molecule has 0 amide bonds. The van der Waals surface area contributed by atoms with Crippen LogP contribution in [0.4, 0.5) is 0 Å². The molecular formula is C2K2O5. The van der Waals surface area contributed by atoms with Crippen molar-refractivity contribution < 1.29 is 128 Å². The smallest absolute Gasteiger partial charge is 0.661 e. The third-order valence-corrected chi connectivity index (χ3v) is 0.242. The zero-order chi connectivity index (χ0) is 5.86. The van der Waals surface area contributed by atoms with Gasteiger partial charge in [-0.3, -0.25) is 0 Å². The molecule has 0 aromatic rings. The largest absolute Gasteiger partial charge is 1.00 e. The van der Waals surface area contributed by atoms with E-state index in [1.807, 2.05) is 0 Å². The molecule has 0 heterocycles. The first-order valence-corrected chi connectivity index (χ1v) is 1.23. The second-order valence-corrected chi connectivity index (χ2v) is 0.658. The molecule has 40 valence electrons. The van der Waals surface area contributed by atoms with Gasteiger partial charge in [0.05, 0.1) is 0 Å². The maximum atomic E-state index is 9.31. The average Bonchev–Trinajstić information content (AvgIpc) is 1.65. The first-order valence-electron chi connectivity index (χ1n) is 1.23. The van der Waals surface area contributed by atoms with Crippen LogP contribution in [-0.2, 0) is 14.5 Å². The van der Waals surface area contributed by atoms with Gasteiger partial charge in [0.25, 0.3) is 0 Å². The number of carbonyl (C=O) groups excluding carboxylic acids is 2. The molecule has 0 aliphatic carbocycles. The molecule has 0 atom stereocenters. The maximum absolute atomic E-state index is 9.31. The minimum Gasteiger partial charge on any atom is -0.661 e. The summed E-state index contributed by atoms with van der Waals surface area (Å²) in [5, 5.41) is 17.9. The Kier molecular flexibility index (Phi) is 19.6. The molecule has 5 nitrogen and oxygen atoms in total. The number of rotatable bonds is 0. The van der Waals surface area contributed by atoms with Crippen LogP contribution in [0.5, 0.6) is 0 Å². The van der Waals surface area contributed by atoms with Gasteiger partial charge in [0.15, 0.2) is 5.97 Å². The van der Waals surface area contributed by atoms with Crippen molar-refractivity contribution in [3.05, 3.63) is 0 Å². The van der Waals surface area contributed by atoms with Crippen LogP contribution in [0.2, 0.25) is 0 Å². The Bertz CT molecular complexity index is 101. The predicted molar refractivity (Wildman–Crippen MR) is 11.1 cm³/mol. The van der Waals surface area contributed by atoms with Crippen LogP contribution in [0.1, 0.15) is 0 Å². The SMILES string of the molecule is O=C([O-])C(=O)O[O-].[K+].[K+]. The number of aliphatic carboxylic acids is 1. The summed E-state index contributed by atoms with van der Waals surface area (Å²) < 4.78 is 0. The van der Waals surface area contributed by atoms with Crippen LogP contribution in [0, 0.1) is 0 Å². The quantitative estimate of drug-likeness (QED) is 0.161. The molecule has 0 radical (unpaired) electrons. The molecule has 0 rings (SSSR count). The van der Waals surface area contributed by atoms with Gasteiger partial charge in [0, 0.05) is 0 Å². The van der Waals surface area contributed by atoms with Gasteiger partial charge in [-0.1, -0.05) is 0 Å². The van der Waals surface area contributed by atoms with E-state index in [1.165, 1.54) is 0 Å². The normalized spacial score (nSPS) is 5.89. The fourth-order valence-electron chi connectivity index (χ4n) is 0.0340. The zero-order valence-corrected chi connectivity index (χ0v) is 11.3. The minimum atomic E-state index is -2.13. The van der Waals surface area contributed by atoms with Crippen molar-refractivity contribution in [2.24, 2.45) is 0 Å². The molecule has 0 spiro atoms. The van der Waals surface area contributed by atoms with Gasteiger partial charge in [-0.15, -0.1) is 0 Å². The molecule has 7 heteroatoms. The van der Waals surface area contributed by atoms with E-state index >= 15 is 0 Å². The van der Waals surface area contributed by atoms with E-state index in [-0.39, 0.29) is 103 Å². The Morgan fingerprint density at radius 3 is 1.56 bits per heavy atom. The van der Waals surface area contributed by atoms with Crippen molar-refractivity contribution in [3.63, 3.8) is 0 Å².